The topological polar surface area (TPSA) is 76.2 Å². The fourth-order valence-corrected chi connectivity index (χ4v) is 2.67. The first-order valence-electron chi connectivity index (χ1n) is 7.49. The molecule has 0 aliphatic carbocycles. The van der Waals surface area contributed by atoms with Crippen LogP contribution in [0, 0.1) is 6.92 Å². The van der Waals surface area contributed by atoms with Gasteiger partial charge in [0.2, 0.25) is 5.89 Å². The SMILES string of the molecule is Cc1oc(-c2cnn(C)c2)nc1C(=O)NC1CCN(C)CC1. The average Bonchev–Trinajstić information content (AvgIpc) is 3.07. The first-order valence-corrected chi connectivity index (χ1v) is 7.49. The number of nitrogens with zero attached hydrogens (tertiary/aromatic N) is 4. The summed E-state index contributed by atoms with van der Waals surface area (Å²) in [5, 5.41) is 7.15. The van der Waals surface area contributed by atoms with Gasteiger partial charge in [0.1, 0.15) is 5.76 Å². The fraction of sp³-hybridized carbons (Fsp3) is 0.533. The van der Waals surface area contributed by atoms with Crippen molar-refractivity contribution in [2.75, 3.05) is 20.1 Å². The molecule has 0 unspecified atom stereocenters. The molecule has 0 radical (unpaired) electrons. The third kappa shape index (κ3) is 3.04. The van der Waals surface area contributed by atoms with Crippen molar-refractivity contribution >= 4 is 5.91 Å². The lowest BCUT2D eigenvalue weighted by molar-refractivity contribution is 0.0911. The van der Waals surface area contributed by atoms with Crippen LogP contribution in [0.1, 0.15) is 29.1 Å². The Labute approximate surface area is 129 Å². The van der Waals surface area contributed by atoms with Crippen LogP contribution in [0.2, 0.25) is 0 Å². The first kappa shape index (κ1) is 14.8. The van der Waals surface area contributed by atoms with Gasteiger partial charge < -0.3 is 14.6 Å². The van der Waals surface area contributed by atoms with E-state index in [9.17, 15) is 4.79 Å². The summed E-state index contributed by atoms with van der Waals surface area (Å²) in [6, 6.07) is 0.210. The number of aromatic nitrogens is 3. The fourth-order valence-electron chi connectivity index (χ4n) is 2.67. The third-order valence-corrected chi connectivity index (χ3v) is 4.02. The minimum absolute atomic E-state index is 0.161. The molecule has 1 fully saturated rings. The highest BCUT2D eigenvalue weighted by atomic mass is 16.4. The van der Waals surface area contributed by atoms with E-state index in [1.807, 2.05) is 13.2 Å². The molecular weight excluding hydrogens is 282 g/mol. The first-order chi connectivity index (χ1) is 10.5. The summed E-state index contributed by atoms with van der Waals surface area (Å²) in [6.45, 7) is 3.77. The normalized spacial score (nSPS) is 16.9. The Balaban J connectivity index is 1.71. The summed E-state index contributed by atoms with van der Waals surface area (Å²) in [6.07, 6.45) is 5.41. The van der Waals surface area contributed by atoms with Crippen LogP contribution < -0.4 is 5.32 Å². The van der Waals surface area contributed by atoms with Crippen molar-refractivity contribution in [3.63, 3.8) is 0 Å². The molecule has 0 spiro atoms. The molecule has 1 aliphatic rings. The number of piperidine rings is 1. The van der Waals surface area contributed by atoms with E-state index in [2.05, 4.69) is 27.3 Å². The molecule has 7 heteroatoms. The maximum Gasteiger partial charge on any atom is 0.273 e. The maximum atomic E-state index is 12.4. The number of rotatable bonds is 3. The Hall–Kier alpha value is -2.15. The molecule has 22 heavy (non-hydrogen) atoms. The van der Waals surface area contributed by atoms with Crippen molar-refractivity contribution < 1.29 is 9.21 Å². The highest BCUT2D eigenvalue weighted by Crippen LogP contribution is 2.21. The number of nitrogens with one attached hydrogen (secondary N) is 1. The summed E-state index contributed by atoms with van der Waals surface area (Å²) >= 11 is 0. The number of oxazole rings is 1. The number of likely N-dealkylation sites (tertiary alicyclic amines) is 1. The van der Waals surface area contributed by atoms with Crippen LogP contribution in [0.5, 0.6) is 0 Å². The van der Waals surface area contributed by atoms with Gasteiger partial charge in [-0.2, -0.15) is 5.10 Å². The van der Waals surface area contributed by atoms with E-state index in [-0.39, 0.29) is 11.9 Å². The van der Waals surface area contributed by atoms with E-state index in [1.54, 1.807) is 17.8 Å². The highest BCUT2D eigenvalue weighted by Gasteiger charge is 2.23. The second kappa shape index (κ2) is 5.92. The molecule has 1 amide bonds. The highest BCUT2D eigenvalue weighted by molar-refractivity contribution is 5.93. The zero-order valence-corrected chi connectivity index (χ0v) is 13.2. The van der Waals surface area contributed by atoms with Gasteiger partial charge in [-0.25, -0.2) is 4.98 Å². The molecule has 7 nitrogen and oxygen atoms in total. The third-order valence-electron chi connectivity index (χ3n) is 4.02. The lowest BCUT2D eigenvalue weighted by atomic mass is 10.1. The molecule has 0 atom stereocenters. The van der Waals surface area contributed by atoms with Gasteiger partial charge in [-0.15, -0.1) is 0 Å². The van der Waals surface area contributed by atoms with Gasteiger partial charge in [-0.05, 0) is 39.9 Å². The van der Waals surface area contributed by atoms with Crippen LogP contribution in [0.4, 0.5) is 0 Å². The number of carbonyl (C=O) groups is 1. The predicted molar refractivity (Wildman–Crippen MR) is 81.4 cm³/mol. The van der Waals surface area contributed by atoms with Gasteiger partial charge in [0.15, 0.2) is 5.69 Å². The van der Waals surface area contributed by atoms with E-state index >= 15 is 0 Å². The number of carbonyl (C=O) groups excluding carboxylic acids is 1. The van der Waals surface area contributed by atoms with Crippen molar-refractivity contribution in [3.05, 3.63) is 23.8 Å². The van der Waals surface area contributed by atoms with Gasteiger partial charge >= 0.3 is 0 Å². The van der Waals surface area contributed by atoms with Gasteiger partial charge in [0.05, 0.1) is 11.8 Å². The molecule has 2 aromatic rings. The van der Waals surface area contributed by atoms with Crippen molar-refractivity contribution in [2.24, 2.45) is 7.05 Å². The molecule has 2 aromatic heterocycles. The molecule has 0 saturated carbocycles. The second-order valence-corrected chi connectivity index (χ2v) is 5.88. The molecule has 3 heterocycles. The molecule has 1 N–H and O–H groups in total. The average molecular weight is 303 g/mol. The molecule has 0 aromatic carbocycles. The molecule has 3 rings (SSSR count). The van der Waals surface area contributed by atoms with E-state index in [0.717, 1.165) is 31.5 Å². The minimum atomic E-state index is -0.161. The van der Waals surface area contributed by atoms with Crippen LogP contribution >= 0.6 is 0 Å². The summed E-state index contributed by atoms with van der Waals surface area (Å²) in [7, 11) is 3.92. The smallest absolute Gasteiger partial charge is 0.273 e. The Bertz CT molecular complexity index is 667. The van der Waals surface area contributed by atoms with Crippen LogP contribution in [0.3, 0.4) is 0 Å². The standard InChI is InChI=1S/C15H21N5O2/c1-10-13(14(21)17-12-4-6-19(2)7-5-12)18-15(22-10)11-8-16-20(3)9-11/h8-9,12H,4-7H2,1-3H3,(H,17,21). The Morgan fingerprint density at radius 1 is 1.36 bits per heavy atom. The summed E-state index contributed by atoms with van der Waals surface area (Å²) in [5.41, 5.74) is 1.13. The monoisotopic (exact) mass is 303 g/mol. The van der Waals surface area contributed by atoms with Crippen LogP contribution in [0.15, 0.2) is 16.8 Å². The minimum Gasteiger partial charge on any atom is -0.440 e. The van der Waals surface area contributed by atoms with Crippen molar-refractivity contribution in [1.82, 2.24) is 25.0 Å². The Morgan fingerprint density at radius 3 is 2.73 bits per heavy atom. The van der Waals surface area contributed by atoms with Crippen molar-refractivity contribution in [3.8, 4) is 11.5 Å². The van der Waals surface area contributed by atoms with Gasteiger partial charge in [0.25, 0.3) is 5.91 Å². The summed E-state index contributed by atoms with van der Waals surface area (Å²) in [4.78, 5) is 19.0. The lowest BCUT2D eigenvalue weighted by Gasteiger charge is -2.29. The lowest BCUT2D eigenvalue weighted by Crippen LogP contribution is -2.43. The van der Waals surface area contributed by atoms with Crippen LogP contribution in [0.25, 0.3) is 11.5 Å². The quantitative estimate of drug-likeness (QED) is 0.922. The molecule has 1 saturated heterocycles. The zero-order chi connectivity index (χ0) is 15.7. The van der Waals surface area contributed by atoms with Gasteiger partial charge in [-0.1, -0.05) is 0 Å². The number of aryl methyl sites for hydroxylation is 2. The van der Waals surface area contributed by atoms with Crippen molar-refractivity contribution in [1.29, 1.82) is 0 Å². The molecule has 118 valence electrons. The summed E-state index contributed by atoms with van der Waals surface area (Å²) < 4.78 is 7.28. The van der Waals surface area contributed by atoms with Crippen molar-refractivity contribution in [2.45, 2.75) is 25.8 Å². The molecule has 0 bridgehead atoms. The Kier molecular flexibility index (Phi) is 3.98. The maximum absolute atomic E-state index is 12.4. The predicted octanol–water partition coefficient (Wildman–Crippen LogP) is 1.21. The summed E-state index contributed by atoms with van der Waals surface area (Å²) in [5.74, 6) is 0.800. The van der Waals surface area contributed by atoms with E-state index in [0.29, 0.717) is 17.3 Å². The zero-order valence-electron chi connectivity index (χ0n) is 13.2. The Morgan fingerprint density at radius 2 is 2.09 bits per heavy atom. The molecular formula is C15H21N5O2. The van der Waals surface area contributed by atoms with E-state index in [4.69, 9.17) is 4.42 Å². The van der Waals surface area contributed by atoms with Gasteiger partial charge in [0, 0.05) is 19.3 Å². The largest absolute Gasteiger partial charge is 0.440 e. The van der Waals surface area contributed by atoms with E-state index in [1.165, 1.54) is 0 Å². The number of amides is 1. The molecule has 1 aliphatic heterocycles. The number of hydrogen-bond donors (Lipinski definition) is 1. The van der Waals surface area contributed by atoms with Crippen LogP contribution in [-0.4, -0.2) is 51.8 Å². The van der Waals surface area contributed by atoms with E-state index < -0.39 is 0 Å². The van der Waals surface area contributed by atoms with Gasteiger partial charge in [-0.3, -0.25) is 9.48 Å². The number of hydrogen-bond acceptors (Lipinski definition) is 5. The van der Waals surface area contributed by atoms with Crippen LogP contribution in [-0.2, 0) is 7.05 Å². The second-order valence-electron chi connectivity index (χ2n) is 5.88.